The third kappa shape index (κ3) is 1.46. The molecule has 0 amide bonds. The number of aromatic nitrogens is 2. The van der Waals surface area contributed by atoms with E-state index in [1.165, 1.54) is 7.05 Å². The summed E-state index contributed by atoms with van der Waals surface area (Å²) in [5.74, 6) is 0. The molecule has 6 nitrogen and oxygen atoms in total. The molecule has 1 aromatic heterocycles. The second-order valence-corrected chi connectivity index (χ2v) is 2.33. The molecule has 0 saturated carbocycles. The monoisotopic (exact) mass is 170 g/mol. The Morgan fingerprint density at radius 3 is 2.58 bits per heavy atom. The lowest BCUT2D eigenvalue weighted by Gasteiger charge is -1.99. The number of hydrogen-bond donors (Lipinski definition) is 3. The number of rotatable bonds is 1. The quantitative estimate of drug-likeness (QED) is 0.385. The molecule has 0 saturated heterocycles. The molecule has 0 bridgehead atoms. The predicted octanol–water partition coefficient (Wildman–Crippen LogP) is -3.25. The zero-order valence-electron chi connectivity index (χ0n) is 6.31. The lowest BCUT2D eigenvalue weighted by atomic mass is 9.82. The standard InChI is InChI=1S/C5H7BN2O4/c1-8-2-3(6(11)12)4(9)7-5(8)10/h2,11-12H,1H3,(H,7,9,10). The summed E-state index contributed by atoms with van der Waals surface area (Å²) in [5.41, 5.74) is -1.63. The van der Waals surface area contributed by atoms with E-state index in [9.17, 15) is 9.59 Å². The smallest absolute Gasteiger partial charge is 0.423 e. The predicted molar refractivity (Wildman–Crippen MR) is 42.1 cm³/mol. The molecule has 3 N–H and O–H groups in total. The van der Waals surface area contributed by atoms with Crippen LogP contribution < -0.4 is 16.7 Å². The molecule has 0 atom stereocenters. The second kappa shape index (κ2) is 2.96. The Bertz CT molecular complexity index is 393. The molecule has 0 aliphatic carbocycles. The fourth-order valence-corrected chi connectivity index (χ4v) is 0.767. The minimum Gasteiger partial charge on any atom is -0.423 e. The number of nitrogens with zero attached hydrogens (tertiary/aromatic N) is 1. The first kappa shape index (κ1) is 8.76. The molecule has 0 aliphatic heterocycles. The molecule has 0 spiro atoms. The van der Waals surface area contributed by atoms with E-state index in [-0.39, 0.29) is 5.46 Å². The topological polar surface area (TPSA) is 95.3 Å². The van der Waals surface area contributed by atoms with E-state index in [4.69, 9.17) is 10.0 Å². The highest BCUT2D eigenvalue weighted by atomic mass is 16.4. The molecule has 0 aromatic carbocycles. The van der Waals surface area contributed by atoms with Gasteiger partial charge in [0.1, 0.15) is 0 Å². The summed E-state index contributed by atoms with van der Waals surface area (Å²) < 4.78 is 1.05. The Labute approximate surface area is 67.2 Å². The first-order valence-corrected chi connectivity index (χ1v) is 3.18. The van der Waals surface area contributed by atoms with Gasteiger partial charge >= 0.3 is 12.8 Å². The maximum atomic E-state index is 10.8. The highest BCUT2D eigenvalue weighted by molar-refractivity contribution is 6.58. The Morgan fingerprint density at radius 2 is 2.08 bits per heavy atom. The van der Waals surface area contributed by atoms with Gasteiger partial charge in [0.25, 0.3) is 5.56 Å². The van der Waals surface area contributed by atoms with Gasteiger partial charge in [-0.25, -0.2) is 4.79 Å². The highest BCUT2D eigenvalue weighted by Crippen LogP contribution is 1.68. The van der Waals surface area contributed by atoms with Crippen LogP contribution in [0.25, 0.3) is 0 Å². The van der Waals surface area contributed by atoms with E-state index < -0.39 is 18.4 Å². The van der Waals surface area contributed by atoms with E-state index >= 15 is 0 Å². The van der Waals surface area contributed by atoms with Crippen molar-refractivity contribution < 1.29 is 10.0 Å². The summed E-state index contributed by atoms with van der Waals surface area (Å²) in [4.78, 5) is 23.5. The van der Waals surface area contributed by atoms with Crippen LogP contribution in [0.5, 0.6) is 0 Å². The first-order valence-electron chi connectivity index (χ1n) is 3.18. The second-order valence-electron chi connectivity index (χ2n) is 2.33. The Morgan fingerprint density at radius 1 is 1.50 bits per heavy atom. The third-order valence-corrected chi connectivity index (χ3v) is 1.41. The van der Waals surface area contributed by atoms with E-state index in [2.05, 4.69) is 0 Å². The van der Waals surface area contributed by atoms with Crippen LogP contribution in [0.3, 0.4) is 0 Å². The van der Waals surface area contributed by atoms with E-state index in [1.807, 2.05) is 4.98 Å². The summed E-state index contributed by atoms with van der Waals surface area (Å²) in [6.45, 7) is 0. The Balaban J connectivity index is 3.44. The van der Waals surface area contributed by atoms with Crippen LogP contribution in [0.4, 0.5) is 0 Å². The van der Waals surface area contributed by atoms with Crippen molar-refractivity contribution >= 4 is 12.6 Å². The zero-order chi connectivity index (χ0) is 9.30. The molecule has 12 heavy (non-hydrogen) atoms. The van der Waals surface area contributed by atoms with Crippen molar-refractivity contribution in [1.29, 1.82) is 0 Å². The summed E-state index contributed by atoms with van der Waals surface area (Å²) in [5, 5.41) is 17.3. The van der Waals surface area contributed by atoms with Crippen LogP contribution >= 0.6 is 0 Å². The maximum absolute atomic E-state index is 10.8. The average molecular weight is 170 g/mol. The number of nitrogens with one attached hydrogen (secondary N) is 1. The minimum atomic E-state index is -1.86. The van der Waals surface area contributed by atoms with Crippen molar-refractivity contribution in [3.05, 3.63) is 27.0 Å². The van der Waals surface area contributed by atoms with Gasteiger partial charge in [0.15, 0.2) is 0 Å². The number of aryl methyl sites for hydroxylation is 1. The molecular formula is C5H7BN2O4. The van der Waals surface area contributed by atoms with E-state index in [0.717, 1.165) is 10.8 Å². The molecule has 0 aliphatic rings. The summed E-state index contributed by atoms with van der Waals surface area (Å²) >= 11 is 0. The van der Waals surface area contributed by atoms with Crippen molar-refractivity contribution in [2.24, 2.45) is 7.05 Å². The maximum Gasteiger partial charge on any atom is 0.495 e. The molecule has 0 fully saturated rings. The summed E-state index contributed by atoms with van der Waals surface area (Å²) in [7, 11) is -0.468. The van der Waals surface area contributed by atoms with Crippen LogP contribution in [0, 0.1) is 0 Å². The average Bonchev–Trinajstić information content (AvgIpc) is 1.96. The van der Waals surface area contributed by atoms with Crippen LogP contribution in [-0.4, -0.2) is 26.7 Å². The van der Waals surface area contributed by atoms with Gasteiger partial charge in [-0.1, -0.05) is 0 Å². The lowest BCUT2D eigenvalue weighted by Crippen LogP contribution is -2.47. The molecule has 1 heterocycles. The first-order chi connectivity index (χ1) is 5.52. The molecule has 0 radical (unpaired) electrons. The van der Waals surface area contributed by atoms with Gasteiger partial charge in [-0.15, -0.1) is 0 Å². The Kier molecular flexibility index (Phi) is 2.16. The van der Waals surface area contributed by atoms with Crippen molar-refractivity contribution in [1.82, 2.24) is 9.55 Å². The SMILES string of the molecule is Cn1cc(B(O)O)c(=O)[nH]c1=O. The van der Waals surface area contributed by atoms with Gasteiger partial charge in [0.2, 0.25) is 0 Å². The van der Waals surface area contributed by atoms with E-state index in [0.29, 0.717) is 0 Å². The van der Waals surface area contributed by atoms with Crippen LogP contribution in [0.1, 0.15) is 0 Å². The number of aromatic amines is 1. The molecule has 1 aromatic rings. The van der Waals surface area contributed by atoms with Crippen LogP contribution in [0.15, 0.2) is 15.8 Å². The van der Waals surface area contributed by atoms with Crippen molar-refractivity contribution in [2.75, 3.05) is 0 Å². The van der Waals surface area contributed by atoms with Gasteiger partial charge in [0, 0.05) is 13.2 Å². The van der Waals surface area contributed by atoms with Crippen molar-refractivity contribution in [3.63, 3.8) is 0 Å². The summed E-state index contributed by atoms with van der Waals surface area (Å²) in [6, 6.07) is 0. The molecule has 1 rings (SSSR count). The van der Waals surface area contributed by atoms with Gasteiger partial charge < -0.3 is 14.6 Å². The third-order valence-electron chi connectivity index (χ3n) is 1.41. The summed E-state index contributed by atoms with van der Waals surface area (Å²) in [6.07, 6.45) is 1.08. The van der Waals surface area contributed by atoms with Gasteiger partial charge in [-0.2, -0.15) is 0 Å². The molecule has 64 valence electrons. The van der Waals surface area contributed by atoms with Gasteiger partial charge in [-0.3, -0.25) is 9.78 Å². The fraction of sp³-hybridized carbons (Fsp3) is 0.200. The minimum absolute atomic E-state index is 0.253. The van der Waals surface area contributed by atoms with Gasteiger partial charge in [-0.05, 0) is 0 Å². The normalized spacial score (nSPS) is 9.92. The van der Waals surface area contributed by atoms with E-state index in [1.54, 1.807) is 0 Å². The molecule has 7 heteroatoms. The lowest BCUT2D eigenvalue weighted by molar-refractivity contribution is 0.424. The number of H-pyrrole nitrogens is 1. The fourth-order valence-electron chi connectivity index (χ4n) is 0.767. The van der Waals surface area contributed by atoms with Crippen molar-refractivity contribution in [2.45, 2.75) is 0 Å². The van der Waals surface area contributed by atoms with Crippen molar-refractivity contribution in [3.8, 4) is 0 Å². The van der Waals surface area contributed by atoms with Crippen LogP contribution in [0.2, 0.25) is 0 Å². The molecular weight excluding hydrogens is 163 g/mol. The van der Waals surface area contributed by atoms with Gasteiger partial charge in [0.05, 0.1) is 5.46 Å². The number of hydrogen-bond acceptors (Lipinski definition) is 4. The Hall–Kier alpha value is -1.34. The zero-order valence-corrected chi connectivity index (χ0v) is 6.31. The van der Waals surface area contributed by atoms with Crippen LogP contribution in [-0.2, 0) is 7.05 Å². The highest BCUT2D eigenvalue weighted by Gasteiger charge is 2.16. The largest absolute Gasteiger partial charge is 0.495 e. The molecule has 0 unspecified atom stereocenters.